The highest BCUT2D eigenvalue weighted by molar-refractivity contribution is 5.25. The van der Waals surface area contributed by atoms with Gasteiger partial charge in [0.1, 0.15) is 5.82 Å². The lowest BCUT2D eigenvalue weighted by atomic mass is 9.90. The highest BCUT2D eigenvalue weighted by Crippen LogP contribution is 2.25. The van der Waals surface area contributed by atoms with Gasteiger partial charge >= 0.3 is 6.01 Å². The number of piperidine rings is 1. The van der Waals surface area contributed by atoms with E-state index in [9.17, 15) is 4.39 Å². The zero-order valence-electron chi connectivity index (χ0n) is 11.8. The molecule has 0 aliphatic carbocycles. The van der Waals surface area contributed by atoms with Gasteiger partial charge in [-0.25, -0.2) is 4.39 Å². The number of anilines is 1. The molecule has 3 rings (SSSR count). The molecule has 1 aromatic carbocycles. The second-order valence-electron chi connectivity index (χ2n) is 5.44. The highest BCUT2D eigenvalue weighted by atomic mass is 19.1. The molecule has 1 aliphatic rings. The molecular weight excluding hydrogens is 271 g/mol. The summed E-state index contributed by atoms with van der Waals surface area (Å²) in [4.78, 5) is 2.10. The number of halogens is 1. The number of aromatic nitrogens is 2. The van der Waals surface area contributed by atoms with Crippen LogP contribution in [0.4, 0.5) is 10.4 Å². The van der Waals surface area contributed by atoms with E-state index in [4.69, 9.17) is 10.2 Å². The summed E-state index contributed by atoms with van der Waals surface area (Å²) in [7, 11) is 0. The van der Waals surface area contributed by atoms with Gasteiger partial charge in [0.25, 0.3) is 0 Å². The number of hydrogen-bond acceptors (Lipinski definition) is 5. The van der Waals surface area contributed by atoms with Gasteiger partial charge in [0.05, 0.1) is 6.54 Å². The topological polar surface area (TPSA) is 68.2 Å². The third-order valence-corrected chi connectivity index (χ3v) is 3.95. The van der Waals surface area contributed by atoms with Crippen LogP contribution in [0, 0.1) is 11.7 Å². The molecule has 0 radical (unpaired) electrons. The normalized spacial score (nSPS) is 16.4. The van der Waals surface area contributed by atoms with Gasteiger partial charge in [-0.1, -0.05) is 17.2 Å². The van der Waals surface area contributed by atoms with Crippen molar-refractivity contribution in [1.82, 2.24) is 10.2 Å². The molecule has 0 unspecified atom stereocenters. The Balaban J connectivity index is 1.54. The Hall–Kier alpha value is -1.95. The van der Waals surface area contributed by atoms with Crippen molar-refractivity contribution < 1.29 is 8.81 Å². The summed E-state index contributed by atoms with van der Waals surface area (Å²) in [5.41, 5.74) is 6.66. The third kappa shape index (κ3) is 3.39. The van der Waals surface area contributed by atoms with Crippen molar-refractivity contribution in [3.63, 3.8) is 0 Å². The first-order chi connectivity index (χ1) is 10.2. The fraction of sp³-hybridized carbons (Fsp3) is 0.467. The molecule has 2 aromatic rings. The summed E-state index contributed by atoms with van der Waals surface area (Å²) >= 11 is 0. The van der Waals surface area contributed by atoms with Gasteiger partial charge in [-0.15, -0.1) is 5.10 Å². The zero-order chi connectivity index (χ0) is 14.7. The lowest BCUT2D eigenvalue weighted by Crippen LogP contribution is -2.34. The van der Waals surface area contributed by atoms with E-state index in [1.165, 1.54) is 17.7 Å². The van der Waals surface area contributed by atoms with Crippen LogP contribution in [0.15, 0.2) is 28.7 Å². The number of nitrogens with zero attached hydrogens (tertiary/aromatic N) is 3. The minimum absolute atomic E-state index is 0.180. The minimum Gasteiger partial charge on any atom is -0.407 e. The van der Waals surface area contributed by atoms with E-state index < -0.39 is 0 Å². The van der Waals surface area contributed by atoms with Crippen molar-refractivity contribution >= 4 is 6.01 Å². The number of hydrogen-bond donors (Lipinski definition) is 1. The maximum atomic E-state index is 12.9. The Morgan fingerprint density at radius 1 is 1.19 bits per heavy atom. The molecule has 1 aliphatic heterocycles. The lowest BCUT2D eigenvalue weighted by Gasteiger charge is -2.30. The molecule has 21 heavy (non-hydrogen) atoms. The summed E-state index contributed by atoms with van der Waals surface area (Å²) in [5, 5.41) is 7.90. The zero-order valence-corrected chi connectivity index (χ0v) is 11.8. The molecule has 5 nitrogen and oxygen atoms in total. The van der Waals surface area contributed by atoms with Gasteiger partial charge in [-0.3, -0.25) is 0 Å². The molecule has 6 heteroatoms. The smallest absolute Gasteiger partial charge is 0.318 e. The average Bonchev–Trinajstić information content (AvgIpc) is 2.99. The quantitative estimate of drug-likeness (QED) is 0.934. The van der Waals surface area contributed by atoms with E-state index in [0.29, 0.717) is 17.8 Å². The first-order valence-electron chi connectivity index (χ1n) is 7.26. The summed E-state index contributed by atoms with van der Waals surface area (Å²) < 4.78 is 18.4. The van der Waals surface area contributed by atoms with Crippen LogP contribution in [0.2, 0.25) is 0 Å². The molecule has 1 fully saturated rings. The van der Waals surface area contributed by atoms with Crippen LogP contribution < -0.4 is 10.6 Å². The van der Waals surface area contributed by atoms with Crippen molar-refractivity contribution in [3.05, 3.63) is 41.5 Å². The maximum Gasteiger partial charge on any atom is 0.318 e. The van der Waals surface area contributed by atoms with Crippen LogP contribution >= 0.6 is 0 Å². The van der Waals surface area contributed by atoms with Crippen molar-refractivity contribution in [2.75, 3.05) is 18.0 Å². The van der Waals surface area contributed by atoms with Crippen LogP contribution in [-0.2, 0) is 13.0 Å². The average molecular weight is 290 g/mol. The molecule has 0 spiro atoms. The van der Waals surface area contributed by atoms with E-state index in [0.717, 1.165) is 32.4 Å². The second-order valence-corrected chi connectivity index (χ2v) is 5.44. The molecule has 1 aromatic heterocycles. The minimum atomic E-state index is -0.180. The van der Waals surface area contributed by atoms with E-state index in [1.807, 2.05) is 12.1 Å². The van der Waals surface area contributed by atoms with Crippen LogP contribution in [0.25, 0.3) is 0 Å². The number of nitrogens with two attached hydrogens (primary N) is 1. The molecule has 0 atom stereocenters. The van der Waals surface area contributed by atoms with Crippen LogP contribution in [-0.4, -0.2) is 23.3 Å². The number of rotatable bonds is 4. The van der Waals surface area contributed by atoms with Gasteiger partial charge in [0.2, 0.25) is 5.89 Å². The molecule has 2 heterocycles. The molecule has 0 saturated carbocycles. The summed E-state index contributed by atoms with van der Waals surface area (Å²) in [6, 6.07) is 7.35. The Morgan fingerprint density at radius 3 is 2.52 bits per heavy atom. The van der Waals surface area contributed by atoms with Gasteiger partial charge < -0.3 is 15.1 Å². The Bertz CT molecular complexity index is 576. The van der Waals surface area contributed by atoms with Gasteiger partial charge in [0.15, 0.2) is 0 Å². The van der Waals surface area contributed by atoms with Crippen molar-refractivity contribution in [1.29, 1.82) is 0 Å². The molecule has 0 amide bonds. The fourth-order valence-electron chi connectivity index (χ4n) is 2.74. The molecular formula is C15H19FN4O. The Morgan fingerprint density at radius 2 is 1.90 bits per heavy atom. The molecule has 1 saturated heterocycles. The van der Waals surface area contributed by atoms with Crippen molar-refractivity contribution in [3.8, 4) is 0 Å². The standard InChI is InChI=1S/C15H19FN4O/c16-13-3-1-11(2-4-13)9-12-5-7-20(8-6-12)15-19-18-14(10-17)21-15/h1-4,12H,5-10,17H2. The van der Waals surface area contributed by atoms with Gasteiger partial charge in [0, 0.05) is 13.1 Å². The predicted octanol–water partition coefficient (Wildman–Crippen LogP) is 2.13. The lowest BCUT2D eigenvalue weighted by molar-refractivity contribution is 0.381. The largest absolute Gasteiger partial charge is 0.407 e. The third-order valence-electron chi connectivity index (χ3n) is 3.95. The van der Waals surface area contributed by atoms with Gasteiger partial charge in [-0.2, -0.15) is 0 Å². The van der Waals surface area contributed by atoms with Gasteiger partial charge in [-0.05, 0) is 42.9 Å². The first kappa shape index (κ1) is 14.0. The van der Waals surface area contributed by atoms with E-state index in [-0.39, 0.29) is 12.4 Å². The van der Waals surface area contributed by atoms with Crippen molar-refractivity contribution in [2.24, 2.45) is 11.7 Å². The second kappa shape index (κ2) is 6.22. The Kier molecular flexibility index (Phi) is 4.15. The summed E-state index contributed by atoms with van der Waals surface area (Å²) in [6.45, 7) is 2.07. The molecule has 2 N–H and O–H groups in total. The first-order valence-corrected chi connectivity index (χ1v) is 7.26. The Labute approximate surface area is 123 Å². The van der Waals surface area contributed by atoms with Crippen LogP contribution in [0.5, 0.6) is 0 Å². The van der Waals surface area contributed by atoms with E-state index >= 15 is 0 Å². The van der Waals surface area contributed by atoms with E-state index in [2.05, 4.69) is 15.1 Å². The van der Waals surface area contributed by atoms with Crippen molar-refractivity contribution in [2.45, 2.75) is 25.8 Å². The van der Waals surface area contributed by atoms with Crippen LogP contribution in [0.1, 0.15) is 24.3 Å². The fourth-order valence-corrected chi connectivity index (χ4v) is 2.74. The maximum absolute atomic E-state index is 12.9. The summed E-state index contributed by atoms with van der Waals surface area (Å²) in [6.07, 6.45) is 3.13. The summed E-state index contributed by atoms with van der Waals surface area (Å²) in [5.74, 6) is 0.905. The SMILES string of the molecule is NCc1nnc(N2CCC(Cc3ccc(F)cc3)CC2)o1. The predicted molar refractivity (Wildman–Crippen MR) is 77.2 cm³/mol. The molecule has 112 valence electrons. The number of benzene rings is 1. The van der Waals surface area contributed by atoms with Crippen LogP contribution in [0.3, 0.4) is 0 Å². The monoisotopic (exact) mass is 290 g/mol. The molecule has 0 bridgehead atoms. The van der Waals surface area contributed by atoms with E-state index in [1.54, 1.807) is 0 Å². The highest BCUT2D eigenvalue weighted by Gasteiger charge is 2.22.